The van der Waals surface area contributed by atoms with E-state index in [1.807, 2.05) is 28.8 Å². The standard InChI is InChI=1S/C20H21FN2O3S/c21-16-4-1-14(2-5-16)12-22-20(24)23-8-7-19(27-10-9-23)15-3-6-17-18(11-15)26-13-25-17/h1-6,11,19H,7-10,12-13H2,(H,22,24). The highest BCUT2D eigenvalue weighted by atomic mass is 32.2. The lowest BCUT2D eigenvalue weighted by molar-refractivity contribution is 0.174. The molecule has 2 aromatic rings. The van der Waals surface area contributed by atoms with Crippen molar-refractivity contribution in [1.29, 1.82) is 0 Å². The summed E-state index contributed by atoms with van der Waals surface area (Å²) in [6.45, 7) is 2.08. The molecule has 4 rings (SSSR count). The first-order valence-corrected chi connectivity index (χ1v) is 10.0. The Morgan fingerprint density at radius 3 is 2.81 bits per heavy atom. The topological polar surface area (TPSA) is 50.8 Å². The van der Waals surface area contributed by atoms with Gasteiger partial charge < -0.3 is 19.7 Å². The molecule has 5 nitrogen and oxygen atoms in total. The fourth-order valence-corrected chi connectivity index (χ4v) is 4.47. The minimum atomic E-state index is -0.274. The van der Waals surface area contributed by atoms with Gasteiger partial charge in [-0.15, -0.1) is 0 Å². The maximum atomic E-state index is 13.0. The maximum absolute atomic E-state index is 13.0. The number of nitrogens with one attached hydrogen (secondary N) is 1. The van der Waals surface area contributed by atoms with Crippen LogP contribution in [0.15, 0.2) is 42.5 Å². The number of benzene rings is 2. The lowest BCUT2D eigenvalue weighted by Crippen LogP contribution is -2.40. The third-order valence-electron chi connectivity index (χ3n) is 4.75. The van der Waals surface area contributed by atoms with Gasteiger partial charge in [-0.2, -0.15) is 11.8 Å². The number of fused-ring (bicyclic) bond motifs is 1. The summed E-state index contributed by atoms with van der Waals surface area (Å²) in [5, 5.41) is 3.25. The number of hydrogen-bond acceptors (Lipinski definition) is 4. The quantitative estimate of drug-likeness (QED) is 0.865. The van der Waals surface area contributed by atoms with E-state index >= 15 is 0 Å². The van der Waals surface area contributed by atoms with Crippen molar-refractivity contribution < 1.29 is 18.7 Å². The second kappa shape index (κ2) is 8.08. The van der Waals surface area contributed by atoms with Crippen molar-refractivity contribution in [2.45, 2.75) is 18.2 Å². The van der Waals surface area contributed by atoms with Gasteiger partial charge in [-0.3, -0.25) is 0 Å². The van der Waals surface area contributed by atoms with Crippen LogP contribution in [0.4, 0.5) is 9.18 Å². The molecular weight excluding hydrogens is 367 g/mol. The largest absolute Gasteiger partial charge is 0.454 e. The summed E-state index contributed by atoms with van der Waals surface area (Å²) in [7, 11) is 0. The number of amides is 2. The van der Waals surface area contributed by atoms with Gasteiger partial charge in [0.2, 0.25) is 6.79 Å². The number of hydrogen-bond donors (Lipinski definition) is 1. The summed E-state index contributed by atoms with van der Waals surface area (Å²) < 4.78 is 23.8. The van der Waals surface area contributed by atoms with Gasteiger partial charge in [-0.1, -0.05) is 18.2 Å². The lowest BCUT2D eigenvalue weighted by atomic mass is 10.1. The molecule has 2 heterocycles. The molecule has 2 amide bonds. The number of thioether (sulfide) groups is 1. The zero-order valence-electron chi connectivity index (χ0n) is 14.8. The molecule has 1 fully saturated rings. The zero-order chi connectivity index (χ0) is 18.6. The van der Waals surface area contributed by atoms with Crippen LogP contribution in [-0.4, -0.2) is 36.6 Å². The predicted molar refractivity (Wildman–Crippen MR) is 103 cm³/mol. The molecule has 27 heavy (non-hydrogen) atoms. The third-order valence-corrected chi connectivity index (χ3v) is 6.08. The van der Waals surface area contributed by atoms with Crippen molar-refractivity contribution in [3.8, 4) is 11.5 Å². The van der Waals surface area contributed by atoms with E-state index in [-0.39, 0.29) is 18.6 Å². The van der Waals surface area contributed by atoms with Crippen molar-refractivity contribution in [2.24, 2.45) is 0 Å². The van der Waals surface area contributed by atoms with Crippen LogP contribution in [0.2, 0.25) is 0 Å². The average Bonchev–Trinajstić information content (AvgIpc) is 3.02. The van der Waals surface area contributed by atoms with E-state index in [9.17, 15) is 9.18 Å². The van der Waals surface area contributed by atoms with E-state index in [2.05, 4.69) is 11.4 Å². The van der Waals surface area contributed by atoms with Gasteiger partial charge in [0.05, 0.1) is 0 Å². The molecule has 7 heteroatoms. The first kappa shape index (κ1) is 18.0. The molecule has 0 spiro atoms. The minimum absolute atomic E-state index is 0.0775. The van der Waals surface area contributed by atoms with Gasteiger partial charge in [0.1, 0.15) is 5.82 Å². The molecule has 1 saturated heterocycles. The van der Waals surface area contributed by atoms with Crippen molar-refractivity contribution >= 4 is 17.8 Å². The van der Waals surface area contributed by atoms with Crippen molar-refractivity contribution in [2.75, 3.05) is 25.6 Å². The fourth-order valence-electron chi connectivity index (χ4n) is 3.24. The van der Waals surface area contributed by atoms with Crippen LogP contribution < -0.4 is 14.8 Å². The van der Waals surface area contributed by atoms with E-state index in [0.29, 0.717) is 24.9 Å². The van der Waals surface area contributed by atoms with Crippen LogP contribution in [-0.2, 0) is 6.54 Å². The molecule has 0 bridgehead atoms. The van der Waals surface area contributed by atoms with Gasteiger partial charge in [0.15, 0.2) is 11.5 Å². The molecule has 1 unspecified atom stereocenters. The zero-order valence-corrected chi connectivity index (χ0v) is 15.6. The molecule has 0 aliphatic carbocycles. The first-order valence-electron chi connectivity index (χ1n) is 8.97. The van der Waals surface area contributed by atoms with Gasteiger partial charge in [-0.25, -0.2) is 9.18 Å². The summed E-state index contributed by atoms with van der Waals surface area (Å²) in [5.41, 5.74) is 2.09. The van der Waals surface area contributed by atoms with Gasteiger partial charge in [-0.05, 0) is 41.8 Å². The lowest BCUT2D eigenvalue weighted by Gasteiger charge is -2.21. The highest BCUT2D eigenvalue weighted by Gasteiger charge is 2.23. The molecule has 1 N–H and O–H groups in total. The molecule has 0 saturated carbocycles. The van der Waals surface area contributed by atoms with Crippen LogP contribution in [0, 0.1) is 5.82 Å². The van der Waals surface area contributed by atoms with Crippen LogP contribution in [0.25, 0.3) is 0 Å². The van der Waals surface area contributed by atoms with E-state index < -0.39 is 0 Å². The normalized spacial score (nSPS) is 18.9. The highest BCUT2D eigenvalue weighted by Crippen LogP contribution is 2.40. The molecule has 0 aromatic heterocycles. The maximum Gasteiger partial charge on any atom is 0.317 e. The van der Waals surface area contributed by atoms with Crippen molar-refractivity contribution in [3.05, 3.63) is 59.4 Å². The Morgan fingerprint density at radius 1 is 1.15 bits per heavy atom. The SMILES string of the molecule is O=C(NCc1ccc(F)cc1)N1CCSC(c2ccc3c(c2)OCO3)CC1. The van der Waals surface area contributed by atoms with Crippen LogP contribution in [0.5, 0.6) is 11.5 Å². The van der Waals surface area contributed by atoms with E-state index in [0.717, 1.165) is 29.2 Å². The Bertz CT molecular complexity index is 815. The number of urea groups is 1. The number of ether oxygens (including phenoxy) is 2. The van der Waals surface area contributed by atoms with Crippen molar-refractivity contribution in [3.63, 3.8) is 0 Å². The van der Waals surface area contributed by atoms with Gasteiger partial charge in [0.25, 0.3) is 0 Å². The molecule has 2 aliphatic rings. The van der Waals surface area contributed by atoms with Crippen LogP contribution in [0.3, 0.4) is 0 Å². The number of rotatable bonds is 3. The second-order valence-electron chi connectivity index (χ2n) is 6.53. The highest BCUT2D eigenvalue weighted by molar-refractivity contribution is 7.99. The van der Waals surface area contributed by atoms with E-state index in [1.54, 1.807) is 12.1 Å². The predicted octanol–water partition coefficient (Wildman–Crippen LogP) is 3.94. The summed E-state index contributed by atoms with van der Waals surface area (Å²) in [4.78, 5) is 14.3. The Hall–Kier alpha value is -2.41. The van der Waals surface area contributed by atoms with Crippen LogP contribution >= 0.6 is 11.8 Å². The molecule has 142 valence electrons. The monoisotopic (exact) mass is 388 g/mol. The fraction of sp³-hybridized carbons (Fsp3) is 0.350. The number of halogens is 1. The molecular formula is C20H21FN2O3S. The van der Waals surface area contributed by atoms with E-state index in [1.165, 1.54) is 17.7 Å². The Labute approximate surface area is 161 Å². The van der Waals surface area contributed by atoms with Gasteiger partial charge in [0, 0.05) is 30.6 Å². The second-order valence-corrected chi connectivity index (χ2v) is 7.84. The number of nitrogens with zero attached hydrogens (tertiary/aromatic N) is 1. The molecule has 2 aromatic carbocycles. The molecule has 0 radical (unpaired) electrons. The number of carbonyl (C=O) groups excluding carboxylic acids is 1. The smallest absolute Gasteiger partial charge is 0.317 e. The Morgan fingerprint density at radius 2 is 1.96 bits per heavy atom. The summed E-state index contributed by atoms with van der Waals surface area (Å²) >= 11 is 1.86. The molecule has 2 aliphatic heterocycles. The Balaban J connectivity index is 1.32. The minimum Gasteiger partial charge on any atom is -0.454 e. The van der Waals surface area contributed by atoms with E-state index in [4.69, 9.17) is 9.47 Å². The third kappa shape index (κ3) is 4.30. The average molecular weight is 388 g/mol. The van der Waals surface area contributed by atoms with Gasteiger partial charge >= 0.3 is 6.03 Å². The summed E-state index contributed by atoms with van der Waals surface area (Å²) in [6, 6.07) is 12.2. The van der Waals surface area contributed by atoms with Crippen LogP contribution in [0.1, 0.15) is 22.8 Å². The molecule has 1 atom stereocenters. The van der Waals surface area contributed by atoms with Crippen molar-refractivity contribution in [1.82, 2.24) is 10.2 Å². The first-order chi connectivity index (χ1) is 13.2. The summed E-state index contributed by atoms with van der Waals surface area (Å²) in [5.74, 6) is 2.19. The number of carbonyl (C=O) groups is 1. The summed E-state index contributed by atoms with van der Waals surface area (Å²) in [6.07, 6.45) is 0.883. The Kier molecular flexibility index (Phi) is 5.38.